The Hall–Kier alpha value is -0.720. The van der Waals surface area contributed by atoms with Crippen LogP contribution in [0.25, 0.3) is 0 Å². The normalized spacial score (nSPS) is 16.1. The van der Waals surface area contributed by atoms with Crippen LogP contribution in [0.3, 0.4) is 0 Å². The van der Waals surface area contributed by atoms with Gasteiger partial charge in [-0.15, -0.1) is 5.10 Å². The minimum absolute atomic E-state index is 0.682. The smallest absolute Gasteiger partial charge is 0.148 e. The van der Waals surface area contributed by atoms with Gasteiger partial charge in [0.15, 0.2) is 0 Å². The van der Waals surface area contributed by atoms with Gasteiger partial charge in [0.2, 0.25) is 0 Å². The number of anilines is 1. The molecule has 0 bridgehead atoms. The van der Waals surface area contributed by atoms with Gasteiger partial charge in [-0.1, -0.05) is 18.3 Å². The molecule has 0 saturated heterocycles. The van der Waals surface area contributed by atoms with Crippen LogP contribution >= 0.6 is 11.5 Å². The number of hydrogen-bond donors (Lipinski definition) is 2. The average Bonchev–Trinajstić information content (AvgIpc) is 2.98. The number of nitrogen functional groups attached to an aromatic ring is 1. The molecule has 5 nitrogen and oxygen atoms in total. The summed E-state index contributed by atoms with van der Waals surface area (Å²) >= 11 is 1.32. The van der Waals surface area contributed by atoms with Crippen molar-refractivity contribution in [2.45, 2.75) is 39.3 Å². The van der Waals surface area contributed by atoms with Gasteiger partial charge in [-0.2, -0.15) is 0 Å². The highest BCUT2D eigenvalue weighted by atomic mass is 32.1. The van der Waals surface area contributed by atoms with Crippen LogP contribution in [0.5, 0.6) is 0 Å². The number of hydrazine groups is 1. The molecule has 0 aromatic carbocycles. The zero-order valence-corrected chi connectivity index (χ0v) is 10.6. The Morgan fingerprint density at radius 2 is 2.31 bits per heavy atom. The number of hydrogen-bond acceptors (Lipinski definition) is 6. The minimum Gasteiger partial charge on any atom is -0.313 e. The highest BCUT2D eigenvalue weighted by Crippen LogP contribution is 2.30. The summed E-state index contributed by atoms with van der Waals surface area (Å²) in [5.74, 6) is 6.11. The van der Waals surface area contributed by atoms with Gasteiger partial charge in [-0.25, -0.2) is 5.84 Å². The fourth-order valence-electron chi connectivity index (χ4n) is 1.87. The molecule has 3 N–H and O–H groups in total. The predicted octanol–water partition coefficient (Wildman–Crippen LogP) is 1.44. The van der Waals surface area contributed by atoms with E-state index in [1.54, 1.807) is 0 Å². The molecule has 0 atom stereocenters. The van der Waals surface area contributed by atoms with E-state index in [-0.39, 0.29) is 0 Å². The van der Waals surface area contributed by atoms with Crippen molar-refractivity contribution in [1.29, 1.82) is 0 Å². The molecule has 1 aliphatic carbocycles. The predicted molar refractivity (Wildman–Crippen MR) is 66.0 cm³/mol. The van der Waals surface area contributed by atoms with Crippen LogP contribution in [0.1, 0.15) is 32.4 Å². The Labute approximate surface area is 100 Å². The quantitative estimate of drug-likeness (QED) is 0.583. The SMILES string of the molecule is CC(C)CN(Cc1nnsc1NN)C1CC1. The second-order valence-corrected chi connectivity index (χ2v) is 5.50. The Balaban J connectivity index is 1.99. The molecule has 0 unspecified atom stereocenters. The molecule has 0 aliphatic heterocycles. The summed E-state index contributed by atoms with van der Waals surface area (Å²) < 4.78 is 3.93. The molecule has 0 amide bonds. The lowest BCUT2D eigenvalue weighted by atomic mass is 10.2. The van der Waals surface area contributed by atoms with Gasteiger partial charge in [0.05, 0.1) is 0 Å². The van der Waals surface area contributed by atoms with Crippen molar-refractivity contribution in [3.05, 3.63) is 5.69 Å². The van der Waals surface area contributed by atoms with Crippen molar-refractivity contribution in [3.8, 4) is 0 Å². The summed E-state index contributed by atoms with van der Waals surface area (Å²) in [6, 6.07) is 0.745. The molecule has 1 fully saturated rings. The molecular weight excluding hydrogens is 222 g/mol. The van der Waals surface area contributed by atoms with Crippen LogP contribution in [0, 0.1) is 5.92 Å². The maximum Gasteiger partial charge on any atom is 0.148 e. The van der Waals surface area contributed by atoms with Gasteiger partial charge >= 0.3 is 0 Å². The van der Waals surface area contributed by atoms with Crippen LogP contribution in [0.15, 0.2) is 0 Å². The summed E-state index contributed by atoms with van der Waals surface area (Å²) in [6.45, 7) is 6.47. The average molecular weight is 241 g/mol. The van der Waals surface area contributed by atoms with E-state index in [0.29, 0.717) is 5.92 Å². The van der Waals surface area contributed by atoms with Crippen LogP contribution in [0.4, 0.5) is 5.00 Å². The third-order valence-corrected chi connectivity index (χ3v) is 3.40. The van der Waals surface area contributed by atoms with Crippen LogP contribution < -0.4 is 11.3 Å². The monoisotopic (exact) mass is 241 g/mol. The summed E-state index contributed by atoms with van der Waals surface area (Å²) in [6.07, 6.45) is 2.63. The topological polar surface area (TPSA) is 67.1 Å². The fraction of sp³-hybridized carbons (Fsp3) is 0.800. The second kappa shape index (κ2) is 5.07. The molecule has 16 heavy (non-hydrogen) atoms. The van der Waals surface area contributed by atoms with E-state index in [2.05, 4.69) is 33.8 Å². The molecule has 6 heteroatoms. The van der Waals surface area contributed by atoms with Gasteiger partial charge in [-0.3, -0.25) is 4.90 Å². The summed E-state index contributed by atoms with van der Waals surface area (Å²) in [5.41, 5.74) is 3.63. The van der Waals surface area contributed by atoms with E-state index in [0.717, 1.165) is 29.8 Å². The maximum absolute atomic E-state index is 5.43. The first-order valence-corrected chi connectivity index (χ1v) is 6.50. The minimum atomic E-state index is 0.682. The molecule has 1 aliphatic rings. The highest BCUT2D eigenvalue weighted by Gasteiger charge is 2.30. The van der Waals surface area contributed by atoms with E-state index in [9.17, 15) is 0 Å². The van der Waals surface area contributed by atoms with Crippen molar-refractivity contribution in [2.24, 2.45) is 11.8 Å². The van der Waals surface area contributed by atoms with Gasteiger partial charge in [0, 0.05) is 30.7 Å². The Morgan fingerprint density at radius 1 is 1.56 bits per heavy atom. The molecule has 1 aromatic heterocycles. The molecule has 90 valence electrons. The van der Waals surface area contributed by atoms with Gasteiger partial charge < -0.3 is 5.43 Å². The molecule has 2 rings (SSSR count). The molecule has 1 saturated carbocycles. The number of nitrogens with two attached hydrogens (primary N) is 1. The number of nitrogens with one attached hydrogen (secondary N) is 1. The fourth-order valence-corrected chi connectivity index (χ4v) is 2.35. The number of nitrogens with zero attached hydrogens (tertiary/aromatic N) is 3. The molecule has 1 heterocycles. The third-order valence-electron chi connectivity index (χ3n) is 2.70. The zero-order chi connectivity index (χ0) is 11.5. The Morgan fingerprint density at radius 3 is 2.88 bits per heavy atom. The first kappa shape index (κ1) is 11.8. The van der Waals surface area contributed by atoms with Gasteiger partial charge in [0.25, 0.3) is 0 Å². The first-order chi connectivity index (χ1) is 7.70. The van der Waals surface area contributed by atoms with Crippen molar-refractivity contribution < 1.29 is 0 Å². The summed E-state index contributed by atoms with van der Waals surface area (Å²) in [5, 5.41) is 5.01. The zero-order valence-electron chi connectivity index (χ0n) is 9.81. The largest absolute Gasteiger partial charge is 0.313 e. The number of rotatable bonds is 6. The molecular formula is C10H19N5S. The van der Waals surface area contributed by atoms with Crippen molar-refractivity contribution in [2.75, 3.05) is 12.0 Å². The standard InChI is InChI=1S/C10H19N5S/c1-7(2)5-15(8-3-4-8)6-9-10(12-11)16-14-13-9/h7-8,12H,3-6,11H2,1-2H3. The lowest BCUT2D eigenvalue weighted by Gasteiger charge is -2.23. The van der Waals surface area contributed by atoms with E-state index >= 15 is 0 Å². The van der Waals surface area contributed by atoms with Crippen molar-refractivity contribution in [1.82, 2.24) is 14.5 Å². The Bertz CT molecular complexity index is 334. The molecule has 0 spiro atoms. The maximum atomic E-state index is 5.43. The second-order valence-electron chi connectivity index (χ2n) is 4.75. The number of aromatic nitrogens is 2. The van der Waals surface area contributed by atoms with Crippen molar-refractivity contribution in [3.63, 3.8) is 0 Å². The van der Waals surface area contributed by atoms with Crippen LogP contribution in [-0.2, 0) is 6.54 Å². The van der Waals surface area contributed by atoms with E-state index in [1.165, 1.54) is 24.4 Å². The summed E-state index contributed by atoms with van der Waals surface area (Å²) in [4.78, 5) is 2.49. The van der Waals surface area contributed by atoms with E-state index < -0.39 is 0 Å². The first-order valence-electron chi connectivity index (χ1n) is 5.72. The highest BCUT2D eigenvalue weighted by molar-refractivity contribution is 7.10. The third kappa shape index (κ3) is 2.90. The van der Waals surface area contributed by atoms with E-state index in [4.69, 9.17) is 5.84 Å². The molecule has 1 aromatic rings. The van der Waals surface area contributed by atoms with Crippen molar-refractivity contribution >= 4 is 16.5 Å². The Kier molecular flexibility index (Phi) is 3.73. The lowest BCUT2D eigenvalue weighted by Crippen LogP contribution is -2.30. The molecule has 0 radical (unpaired) electrons. The van der Waals surface area contributed by atoms with Crippen LogP contribution in [-0.4, -0.2) is 27.1 Å². The lowest BCUT2D eigenvalue weighted by molar-refractivity contribution is 0.224. The summed E-state index contributed by atoms with van der Waals surface area (Å²) in [7, 11) is 0. The van der Waals surface area contributed by atoms with Gasteiger partial charge in [0.1, 0.15) is 10.7 Å². The van der Waals surface area contributed by atoms with Crippen LogP contribution in [0.2, 0.25) is 0 Å². The van der Waals surface area contributed by atoms with Gasteiger partial charge in [-0.05, 0) is 18.8 Å². The van der Waals surface area contributed by atoms with E-state index in [1.807, 2.05) is 0 Å².